The predicted octanol–water partition coefficient (Wildman–Crippen LogP) is 3.14. The Morgan fingerprint density at radius 2 is 1.81 bits per heavy atom. The molecule has 1 N–H and O–H groups in total. The lowest BCUT2D eigenvalue weighted by Crippen LogP contribution is -2.23. The van der Waals surface area contributed by atoms with E-state index in [0.717, 1.165) is 11.1 Å². The summed E-state index contributed by atoms with van der Waals surface area (Å²) in [4.78, 5) is 0.0390. The molecule has 0 aliphatic carbocycles. The Morgan fingerprint density at radius 1 is 1.14 bits per heavy atom. The number of hydrogen-bond donors (Lipinski definition) is 1. The van der Waals surface area contributed by atoms with Gasteiger partial charge in [-0.05, 0) is 24.6 Å². The van der Waals surface area contributed by atoms with Gasteiger partial charge in [0.25, 0.3) is 0 Å². The molecule has 0 radical (unpaired) electrons. The van der Waals surface area contributed by atoms with E-state index in [1.165, 1.54) is 19.2 Å². The molecule has 0 fully saturated rings. The van der Waals surface area contributed by atoms with Crippen LogP contribution >= 0.6 is 11.6 Å². The summed E-state index contributed by atoms with van der Waals surface area (Å²) in [7, 11) is -2.17. The van der Waals surface area contributed by atoms with E-state index < -0.39 is 10.0 Å². The molecule has 0 saturated carbocycles. The molecule has 0 saturated heterocycles. The van der Waals surface area contributed by atoms with Crippen LogP contribution in [0, 0.1) is 6.92 Å². The first-order valence-electron chi connectivity index (χ1n) is 6.31. The van der Waals surface area contributed by atoms with Gasteiger partial charge in [-0.25, -0.2) is 13.1 Å². The number of benzene rings is 2. The van der Waals surface area contributed by atoms with Gasteiger partial charge < -0.3 is 4.74 Å². The standard InChI is InChI=1S/C15H16ClNO3S/c1-11-3-5-12(6-4-11)10-17-21(18,19)15-8-7-13(20-2)9-14(15)16/h3-9,17H,10H2,1-2H3. The summed E-state index contributed by atoms with van der Waals surface area (Å²) in [5.74, 6) is 0.512. The zero-order chi connectivity index (χ0) is 15.5. The lowest BCUT2D eigenvalue weighted by molar-refractivity contribution is 0.414. The van der Waals surface area contributed by atoms with Crippen molar-refractivity contribution in [2.45, 2.75) is 18.4 Å². The molecule has 0 amide bonds. The molecule has 112 valence electrons. The van der Waals surface area contributed by atoms with Gasteiger partial charge >= 0.3 is 0 Å². The van der Waals surface area contributed by atoms with Crippen molar-refractivity contribution in [3.63, 3.8) is 0 Å². The zero-order valence-electron chi connectivity index (χ0n) is 11.8. The highest BCUT2D eigenvalue weighted by atomic mass is 35.5. The molecule has 0 atom stereocenters. The number of nitrogens with one attached hydrogen (secondary N) is 1. The highest BCUT2D eigenvalue weighted by Gasteiger charge is 2.18. The molecular formula is C15H16ClNO3S. The van der Waals surface area contributed by atoms with Gasteiger partial charge in [0.2, 0.25) is 10.0 Å². The lowest BCUT2D eigenvalue weighted by Gasteiger charge is -2.09. The Balaban J connectivity index is 2.16. The quantitative estimate of drug-likeness (QED) is 0.918. The average Bonchev–Trinajstić information content (AvgIpc) is 2.46. The fourth-order valence-electron chi connectivity index (χ4n) is 1.79. The summed E-state index contributed by atoms with van der Waals surface area (Å²) in [6, 6.07) is 12.1. The topological polar surface area (TPSA) is 55.4 Å². The number of halogens is 1. The summed E-state index contributed by atoms with van der Waals surface area (Å²) >= 11 is 6.00. The van der Waals surface area contributed by atoms with Gasteiger partial charge in [-0.15, -0.1) is 0 Å². The average molecular weight is 326 g/mol. The zero-order valence-corrected chi connectivity index (χ0v) is 13.3. The fraction of sp³-hybridized carbons (Fsp3) is 0.200. The molecular weight excluding hydrogens is 310 g/mol. The van der Waals surface area contributed by atoms with Crippen LogP contribution in [-0.4, -0.2) is 15.5 Å². The smallest absolute Gasteiger partial charge is 0.242 e. The van der Waals surface area contributed by atoms with E-state index in [4.69, 9.17) is 16.3 Å². The molecule has 0 aliphatic rings. The molecule has 0 aromatic heterocycles. The molecule has 6 heteroatoms. The van der Waals surface area contributed by atoms with Crippen LogP contribution in [0.1, 0.15) is 11.1 Å². The molecule has 0 spiro atoms. The second kappa shape index (κ2) is 6.47. The van der Waals surface area contributed by atoms with Crippen LogP contribution in [0.3, 0.4) is 0 Å². The van der Waals surface area contributed by atoms with E-state index >= 15 is 0 Å². The maximum Gasteiger partial charge on any atom is 0.242 e. The maximum atomic E-state index is 12.3. The molecule has 0 bridgehead atoms. The second-order valence-corrected chi connectivity index (χ2v) is 6.75. The number of aryl methyl sites for hydroxylation is 1. The van der Waals surface area contributed by atoms with Crippen LogP contribution in [0.5, 0.6) is 5.75 Å². The van der Waals surface area contributed by atoms with Gasteiger partial charge in [0.15, 0.2) is 0 Å². The number of methoxy groups -OCH3 is 1. The first-order chi connectivity index (χ1) is 9.92. The molecule has 0 unspecified atom stereocenters. The minimum absolute atomic E-state index is 0.0390. The maximum absolute atomic E-state index is 12.3. The molecule has 4 nitrogen and oxygen atoms in total. The van der Waals surface area contributed by atoms with Gasteiger partial charge in [-0.1, -0.05) is 41.4 Å². The summed E-state index contributed by atoms with van der Waals surface area (Å²) in [5, 5.41) is 0.130. The Labute approximate surface area is 129 Å². The summed E-state index contributed by atoms with van der Waals surface area (Å²) < 4.78 is 32.1. The largest absolute Gasteiger partial charge is 0.497 e. The summed E-state index contributed by atoms with van der Waals surface area (Å²) in [5.41, 5.74) is 2.01. The summed E-state index contributed by atoms with van der Waals surface area (Å²) in [6.45, 7) is 2.19. The highest BCUT2D eigenvalue weighted by molar-refractivity contribution is 7.89. The van der Waals surface area contributed by atoms with Gasteiger partial charge in [0.1, 0.15) is 10.6 Å². The predicted molar refractivity (Wildman–Crippen MR) is 83.2 cm³/mol. The molecule has 2 rings (SSSR count). The minimum atomic E-state index is -3.66. The van der Waals surface area contributed by atoms with E-state index in [0.29, 0.717) is 5.75 Å². The summed E-state index contributed by atoms with van der Waals surface area (Å²) in [6.07, 6.45) is 0. The van der Waals surface area contributed by atoms with E-state index in [9.17, 15) is 8.42 Å². The minimum Gasteiger partial charge on any atom is -0.497 e. The molecule has 2 aromatic carbocycles. The molecule has 0 aliphatic heterocycles. The van der Waals surface area contributed by atoms with Crippen LogP contribution in [-0.2, 0) is 16.6 Å². The number of hydrogen-bond acceptors (Lipinski definition) is 3. The van der Waals surface area contributed by atoms with Crippen LogP contribution in [0.4, 0.5) is 0 Å². The highest BCUT2D eigenvalue weighted by Crippen LogP contribution is 2.26. The third kappa shape index (κ3) is 3.97. The van der Waals surface area contributed by atoms with E-state index in [2.05, 4.69) is 4.72 Å². The molecule has 21 heavy (non-hydrogen) atoms. The Morgan fingerprint density at radius 3 is 2.38 bits per heavy atom. The van der Waals surface area contributed by atoms with Crippen LogP contribution in [0.25, 0.3) is 0 Å². The monoisotopic (exact) mass is 325 g/mol. The Bertz CT molecular complexity index is 727. The van der Waals surface area contributed by atoms with Gasteiger partial charge in [-0.2, -0.15) is 0 Å². The van der Waals surface area contributed by atoms with Crippen molar-refractivity contribution in [1.82, 2.24) is 4.72 Å². The number of ether oxygens (including phenoxy) is 1. The lowest BCUT2D eigenvalue weighted by atomic mass is 10.2. The van der Waals surface area contributed by atoms with E-state index in [1.807, 2.05) is 31.2 Å². The van der Waals surface area contributed by atoms with Crippen molar-refractivity contribution in [1.29, 1.82) is 0 Å². The Kier molecular flexibility index (Phi) is 4.88. The van der Waals surface area contributed by atoms with Crippen molar-refractivity contribution in [3.05, 3.63) is 58.6 Å². The van der Waals surface area contributed by atoms with Crippen LogP contribution in [0.2, 0.25) is 5.02 Å². The third-order valence-corrected chi connectivity index (χ3v) is 4.90. The first-order valence-corrected chi connectivity index (χ1v) is 8.17. The number of rotatable bonds is 5. The third-order valence-electron chi connectivity index (χ3n) is 3.02. The van der Waals surface area contributed by atoms with Gasteiger partial charge in [0, 0.05) is 12.6 Å². The Hall–Kier alpha value is -1.56. The van der Waals surface area contributed by atoms with Crippen molar-refractivity contribution in [2.75, 3.05) is 7.11 Å². The first kappa shape index (κ1) is 15.8. The van der Waals surface area contributed by atoms with E-state index in [1.54, 1.807) is 6.07 Å². The van der Waals surface area contributed by atoms with Crippen molar-refractivity contribution < 1.29 is 13.2 Å². The number of sulfonamides is 1. The normalized spacial score (nSPS) is 11.4. The van der Waals surface area contributed by atoms with E-state index in [-0.39, 0.29) is 16.5 Å². The van der Waals surface area contributed by atoms with Crippen LogP contribution < -0.4 is 9.46 Å². The molecule has 0 heterocycles. The van der Waals surface area contributed by atoms with Gasteiger partial charge in [-0.3, -0.25) is 0 Å². The van der Waals surface area contributed by atoms with Crippen molar-refractivity contribution in [3.8, 4) is 5.75 Å². The SMILES string of the molecule is COc1ccc(S(=O)(=O)NCc2ccc(C)cc2)c(Cl)c1. The van der Waals surface area contributed by atoms with Crippen LogP contribution in [0.15, 0.2) is 47.4 Å². The van der Waals surface area contributed by atoms with Crippen molar-refractivity contribution in [2.24, 2.45) is 0 Å². The van der Waals surface area contributed by atoms with Crippen molar-refractivity contribution >= 4 is 21.6 Å². The molecule has 2 aromatic rings. The van der Waals surface area contributed by atoms with Gasteiger partial charge in [0.05, 0.1) is 12.1 Å². The second-order valence-electron chi connectivity index (χ2n) is 4.61. The fourth-order valence-corrected chi connectivity index (χ4v) is 3.34.